The van der Waals surface area contributed by atoms with Crippen LogP contribution >= 0.6 is 0 Å². The van der Waals surface area contributed by atoms with Crippen LogP contribution in [0.3, 0.4) is 0 Å². The number of likely N-dealkylation sites (N-methyl/N-ethyl adjacent to an activating group) is 1. The second-order valence-electron chi connectivity index (χ2n) is 10.4. The normalized spacial score (nSPS) is 17.8. The van der Waals surface area contributed by atoms with Crippen LogP contribution in [0, 0.1) is 0 Å². The molecule has 0 spiro atoms. The lowest BCUT2D eigenvalue weighted by Crippen LogP contribution is -2.44. The molecule has 0 bridgehead atoms. The molecule has 192 valence electrons. The van der Waals surface area contributed by atoms with Gasteiger partial charge in [-0.1, -0.05) is 12.1 Å². The van der Waals surface area contributed by atoms with Gasteiger partial charge in [-0.25, -0.2) is 4.98 Å². The minimum atomic E-state index is 0.328. The smallest absolute Gasteiger partial charge is 0.222 e. The maximum absolute atomic E-state index is 6.16. The van der Waals surface area contributed by atoms with Crippen molar-refractivity contribution >= 4 is 23.2 Å². The van der Waals surface area contributed by atoms with Crippen LogP contribution in [-0.2, 0) is 13.0 Å². The topological polar surface area (TPSA) is 86.4 Å². The number of hydrogen-bond donors (Lipinski definition) is 2. The highest BCUT2D eigenvalue weighted by atomic mass is 15.3. The second-order valence-corrected chi connectivity index (χ2v) is 10.4. The SMILES string of the molecule is CNC(=C1CCC1)c1ccc(N2CCc3ccc(-c4cc(N5CCN(C)CC5)nc(N)n4)cc3C2)cn1. The maximum Gasteiger partial charge on any atom is 0.222 e. The Morgan fingerprint density at radius 1 is 0.892 bits per heavy atom. The van der Waals surface area contributed by atoms with E-state index in [1.165, 1.54) is 41.7 Å². The van der Waals surface area contributed by atoms with Gasteiger partial charge in [-0.05, 0) is 67.6 Å². The van der Waals surface area contributed by atoms with Crippen molar-refractivity contribution in [1.29, 1.82) is 0 Å². The fourth-order valence-corrected chi connectivity index (χ4v) is 5.55. The van der Waals surface area contributed by atoms with Gasteiger partial charge < -0.3 is 25.8 Å². The average molecular weight is 497 g/mol. The Hall–Kier alpha value is -3.65. The Morgan fingerprint density at radius 2 is 1.73 bits per heavy atom. The highest BCUT2D eigenvalue weighted by Crippen LogP contribution is 2.33. The van der Waals surface area contributed by atoms with Gasteiger partial charge in [0.15, 0.2) is 0 Å². The minimum Gasteiger partial charge on any atom is -0.386 e. The van der Waals surface area contributed by atoms with Crippen LogP contribution in [0.2, 0.25) is 0 Å². The van der Waals surface area contributed by atoms with Gasteiger partial charge in [0, 0.05) is 57.9 Å². The Morgan fingerprint density at radius 3 is 2.43 bits per heavy atom. The van der Waals surface area contributed by atoms with E-state index in [2.05, 4.69) is 73.4 Å². The Labute approximate surface area is 219 Å². The summed E-state index contributed by atoms with van der Waals surface area (Å²) in [5.74, 6) is 1.24. The first-order valence-corrected chi connectivity index (χ1v) is 13.4. The molecule has 6 rings (SSSR count). The molecule has 2 aliphatic heterocycles. The summed E-state index contributed by atoms with van der Waals surface area (Å²) in [5.41, 5.74) is 15.8. The quantitative estimate of drug-likeness (QED) is 0.555. The molecule has 1 saturated carbocycles. The maximum atomic E-state index is 6.16. The fraction of sp³-hybridized carbons (Fsp3) is 0.414. The number of rotatable bonds is 5. The van der Waals surface area contributed by atoms with Gasteiger partial charge in [0.1, 0.15) is 5.82 Å². The van der Waals surface area contributed by atoms with E-state index in [-0.39, 0.29) is 0 Å². The van der Waals surface area contributed by atoms with Crippen molar-refractivity contribution in [3.8, 4) is 11.3 Å². The third-order valence-corrected chi connectivity index (χ3v) is 8.00. The number of nitrogens with one attached hydrogen (secondary N) is 1. The number of nitrogen functional groups attached to an aromatic ring is 1. The van der Waals surface area contributed by atoms with Gasteiger partial charge in [-0.3, -0.25) is 4.98 Å². The first-order chi connectivity index (χ1) is 18.1. The zero-order chi connectivity index (χ0) is 25.4. The Bertz CT molecular complexity index is 1300. The molecule has 2 aromatic heterocycles. The van der Waals surface area contributed by atoms with Gasteiger partial charge in [0.25, 0.3) is 0 Å². The molecule has 0 unspecified atom stereocenters. The molecule has 37 heavy (non-hydrogen) atoms. The number of allylic oxidation sites excluding steroid dienone is 1. The second kappa shape index (κ2) is 10.0. The van der Waals surface area contributed by atoms with Crippen molar-refractivity contribution in [2.45, 2.75) is 32.2 Å². The molecular formula is C29H36N8. The number of hydrogen-bond acceptors (Lipinski definition) is 8. The molecule has 0 amide bonds. The minimum absolute atomic E-state index is 0.328. The summed E-state index contributed by atoms with van der Waals surface area (Å²) in [5, 5.41) is 3.36. The Kier molecular flexibility index (Phi) is 6.42. The van der Waals surface area contributed by atoms with Crippen molar-refractivity contribution in [2.75, 3.05) is 62.4 Å². The van der Waals surface area contributed by atoms with Crippen molar-refractivity contribution in [3.63, 3.8) is 0 Å². The number of pyridine rings is 1. The number of nitrogens with two attached hydrogens (primary N) is 1. The van der Waals surface area contributed by atoms with E-state index in [0.717, 1.165) is 74.1 Å². The highest BCUT2D eigenvalue weighted by molar-refractivity contribution is 5.68. The van der Waals surface area contributed by atoms with Gasteiger partial charge in [-0.2, -0.15) is 4.98 Å². The molecule has 8 nitrogen and oxygen atoms in total. The van der Waals surface area contributed by atoms with Crippen LogP contribution < -0.4 is 20.9 Å². The molecule has 8 heteroatoms. The molecule has 1 aromatic carbocycles. The molecule has 3 aromatic rings. The van der Waals surface area contributed by atoms with Crippen LogP contribution in [0.15, 0.2) is 48.2 Å². The van der Waals surface area contributed by atoms with Crippen molar-refractivity contribution < 1.29 is 0 Å². The molecule has 2 fully saturated rings. The van der Waals surface area contributed by atoms with Gasteiger partial charge in [0.2, 0.25) is 5.95 Å². The largest absolute Gasteiger partial charge is 0.386 e. The van der Waals surface area contributed by atoms with E-state index in [9.17, 15) is 0 Å². The Balaban J connectivity index is 1.22. The molecule has 1 saturated heterocycles. The van der Waals surface area contributed by atoms with Crippen LogP contribution in [-0.4, -0.2) is 66.7 Å². The summed E-state index contributed by atoms with van der Waals surface area (Å²) in [6.45, 7) is 5.79. The predicted molar refractivity (Wildman–Crippen MR) is 150 cm³/mol. The average Bonchev–Trinajstić information content (AvgIpc) is 2.90. The number of piperazine rings is 1. The number of nitrogens with zero attached hydrogens (tertiary/aromatic N) is 6. The lowest BCUT2D eigenvalue weighted by Gasteiger charge is -2.33. The van der Waals surface area contributed by atoms with Crippen molar-refractivity contribution in [3.05, 3.63) is 65.0 Å². The number of anilines is 3. The van der Waals surface area contributed by atoms with E-state index >= 15 is 0 Å². The van der Waals surface area contributed by atoms with E-state index in [4.69, 9.17) is 10.7 Å². The molecule has 4 heterocycles. The summed E-state index contributed by atoms with van der Waals surface area (Å²) in [6.07, 6.45) is 6.68. The first-order valence-electron chi connectivity index (χ1n) is 13.4. The molecular weight excluding hydrogens is 460 g/mol. The van der Waals surface area contributed by atoms with E-state index in [0.29, 0.717) is 5.95 Å². The highest BCUT2D eigenvalue weighted by Gasteiger charge is 2.21. The molecule has 3 N–H and O–H groups in total. The third-order valence-electron chi connectivity index (χ3n) is 8.00. The molecule has 0 radical (unpaired) electrons. The van der Waals surface area contributed by atoms with Gasteiger partial charge in [0.05, 0.1) is 29.0 Å². The molecule has 1 aliphatic carbocycles. The number of aromatic nitrogens is 3. The van der Waals surface area contributed by atoms with Crippen LogP contribution in [0.5, 0.6) is 0 Å². The lowest BCUT2D eigenvalue weighted by atomic mass is 9.89. The standard InChI is InChI=1S/C29H36N8/c1-31-28(21-4-3-5-21)25-9-8-24(18-32-25)37-11-10-20-6-7-22(16-23(20)19-37)26-17-27(34-29(30)33-26)36-14-12-35(2)13-15-36/h6-9,16-18,31H,3-5,10-15,19H2,1-2H3,(H2,30,33,34). The molecule has 3 aliphatic rings. The lowest BCUT2D eigenvalue weighted by molar-refractivity contribution is 0.312. The summed E-state index contributed by atoms with van der Waals surface area (Å²) in [4.78, 5) is 21.0. The van der Waals surface area contributed by atoms with Gasteiger partial charge in [-0.15, -0.1) is 0 Å². The fourth-order valence-electron chi connectivity index (χ4n) is 5.55. The van der Waals surface area contributed by atoms with E-state index in [1.54, 1.807) is 0 Å². The number of fused-ring (bicyclic) bond motifs is 1. The summed E-state index contributed by atoms with van der Waals surface area (Å²) < 4.78 is 0. The molecule has 0 atom stereocenters. The first kappa shape index (κ1) is 23.7. The van der Waals surface area contributed by atoms with E-state index < -0.39 is 0 Å². The summed E-state index contributed by atoms with van der Waals surface area (Å²) in [6, 6.07) is 13.2. The third kappa shape index (κ3) is 4.85. The predicted octanol–water partition coefficient (Wildman–Crippen LogP) is 3.55. The van der Waals surface area contributed by atoms with Crippen LogP contribution in [0.1, 0.15) is 36.1 Å². The summed E-state index contributed by atoms with van der Waals surface area (Å²) >= 11 is 0. The zero-order valence-electron chi connectivity index (χ0n) is 21.9. The van der Waals surface area contributed by atoms with Crippen LogP contribution in [0.25, 0.3) is 17.0 Å². The summed E-state index contributed by atoms with van der Waals surface area (Å²) in [7, 11) is 4.15. The van der Waals surface area contributed by atoms with E-state index in [1.807, 2.05) is 13.2 Å². The van der Waals surface area contributed by atoms with Gasteiger partial charge >= 0.3 is 0 Å². The van der Waals surface area contributed by atoms with Crippen molar-refractivity contribution in [2.24, 2.45) is 0 Å². The van der Waals surface area contributed by atoms with Crippen molar-refractivity contribution in [1.82, 2.24) is 25.2 Å². The number of benzene rings is 1. The monoisotopic (exact) mass is 496 g/mol. The zero-order valence-corrected chi connectivity index (χ0v) is 21.9. The van der Waals surface area contributed by atoms with Crippen LogP contribution in [0.4, 0.5) is 17.5 Å².